The molecule has 0 saturated heterocycles. The van der Waals surface area contributed by atoms with Crippen molar-refractivity contribution in [3.8, 4) is 0 Å². The zero-order valence-corrected chi connectivity index (χ0v) is 14.2. The van der Waals surface area contributed by atoms with Crippen LogP contribution >= 0.6 is 0 Å². The van der Waals surface area contributed by atoms with Crippen molar-refractivity contribution in [1.29, 1.82) is 0 Å². The van der Waals surface area contributed by atoms with Crippen LogP contribution in [0.5, 0.6) is 0 Å². The highest BCUT2D eigenvalue weighted by Gasteiger charge is 2.25. The maximum Gasteiger partial charge on any atom is 0.334 e. The van der Waals surface area contributed by atoms with E-state index in [4.69, 9.17) is 4.74 Å². The van der Waals surface area contributed by atoms with Crippen molar-refractivity contribution < 1.29 is 24.2 Å². The average Bonchev–Trinajstić information content (AvgIpc) is 2.57. The minimum absolute atomic E-state index is 0.0753. The highest BCUT2D eigenvalue weighted by atomic mass is 16.6. The Morgan fingerprint density at radius 2 is 1.88 bits per heavy atom. The highest BCUT2D eigenvalue weighted by Crippen LogP contribution is 2.28. The number of carbonyl (C=O) groups excluding carboxylic acids is 2. The fourth-order valence-electron chi connectivity index (χ4n) is 1.85. The van der Waals surface area contributed by atoms with Gasteiger partial charge >= 0.3 is 11.7 Å². The van der Waals surface area contributed by atoms with E-state index in [0.717, 1.165) is 18.2 Å². The summed E-state index contributed by atoms with van der Waals surface area (Å²) in [6, 6.07) is 1.78. The lowest BCUT2D eigenvalue weighted by atomic mass is 10.2. The fraction of sp³-hybridized carbons (Fsp3) is 0.357. The number of rotatable bonds is 8. The molecule has 0 bridgehead atoms. The van der Waals surface area contributed by atoms with Gasteiger partial charge < -0.3 is 10.1 Å². The SMILES string of the molecule is CCOC(=O)[C@H](NC(C)=O)/C(C)=N/Nc1ccc([N+](=O)[O-])cc1[N+](=O)[O-]. The molecule has 1 rings (SSSR count). The van der Waals surface area contributed by atoms with Gasteiger partial charge in [-0.3, -0.25) is 30.4 Å². The summed E-state index contributed by atoms with van der Waals surface area (Å²) in [4.78, 5) is 43.4. The highest BCUT2D eigenvalue weighted by molar-refractivity contribution is 6.07. The summed E-state index contributed by atoms with van der Waals surface area (Å²) in [6.07, 6.45) is 0. The van der Waals surface area contributed by atoms with Crippen LogP contribution in [0.1, 0.15) is 20.8 Å². The first-order valence-corrected chi connectivity index (χ1v) is 7.34. The predicted octanol–water partition coefficient (Wildman–Crippen LogP) is 1.36. The standard InChI is InChI=1S/C14H17N5O7/c1-4-26-14(21)13(15-9(3)20)8(2)16-17-11-6-5-10(18(22)23)7-12(11)19(24)25/h5-7,13,17H,4H2,1-3H3,(H,15,20)/b16-8+/t13-/m1/s1. The molecule has 0 aromatic heterocycles. The molecule has 1 atom stereocenters. The topological polar surface area (TPSA) is 166 Å². The molecule has 1 aromatic rings. The van der Waals surface area contributed by atoms with Gasteiger partial charge in [-0.05, 0) is 19.9 Å². The van der Waals surface area contributed by atoms with Crippen LogP contribution < -0.4 is 10.7 Å². The number of ether oxygens (including phenoxy) is 1. The first-order chi connectivity index (χ1) is 12.2. The van der Waals surface area contributed by atoms with E-state index in [-0.39, 0.29) is 18.0 Å². The van der Waals surface area contributed by atoms with E-state index < -0.39 is 39.1 Å². The first-order valence-electron chi connectivity index (χ1n) is 7.34. The van der Waals surface area contributed by atoms with Crippen molar-refractivity contribution in [2.45, 2.75) is 26.8 Å². The smallest absolute Gasteiger partial charge is 0.334 e. The number of nitro benzene ring substituents is 2. The van der Waals surface area contributed by atoms with Crippen LogP contribution in [-0.4, -0.2) is 40.1 Å². The first kappa shape index (κ1) is 20.5. The summed E-state index contributed by atoms with van der Waals surface area (Å²) in [5.41, 5.74) is 1.31. The van der Waals surface area contributed by atoms with Gasteiger partial charge in [-0.2, -0.15) is 5.10 Å². The van der Waals surface area contributed by atoms with E-state index in [1.54, 1.807) is 6.92 Å². The van der Waals surface area contributed by atoms with Gasteiger partial charge in [-0.15, -0.1) is 0 Å². The van der Waals surface area contributed by atoms with Crippen molar-refractivity contribution >= 4 is 34.7 Å². The molecule has 0 saturated carbocycles. The number of nitro groups is 2. The lowest BCUT2D eigenvalue weighted by Gasteiger charge is -2.16. The second kappa shape index (κ2) is 9.05. The van der Waals surface area contributed by atoms with E-state index in [0.29, 0.717) is 0 Å². The van der Waals surface area contributed by atoms with Crippen molar-refractivity contribution in [1.82, 2.24) is 5.32 Å². The lowest BCUT2D eigenvalue weighted by Crippen LogP contribution is -2.46. The molecule has 0 radical (unpaired) electrons. The molecule has 1 aromatic carbocycles. The van der Waals surface area contributed by atoms with Gasteiger partial charge in [0.15, 0.2) is 6.04 Å². The van der Waals surface area contributed by atoms with Crippen LogP contribution in [-0.2, 0) is 14.3 Å². The molecule has 0 aliphatic carbocycles. The van der Waals surface area contributed by atoms with Crippen LogP contribution in [0.3, 0.4) is 0 Å². The number of carbonyl (C=O) groups is 2. The molecule has 0 spiro atoms. The number of amides is 1. The summed E-state index contributed by atoms with van der Waals surface area (Å²) in [5.74, 6) is -1.25. The molecular weight excluding hydrogens is 350 g/mol. The second-order valence-corrected chi connectivity index (χ2v) is 4.97. The second-order valence-electron chi connectivity index (χ2n) is 4.97. The van der Waals surface area contributed by atoms with Crippen molar-refractivity contribution in [2.24, 2.45) is 5.10 Å². The monoisotopic (exact) mass is 367 g/mol. The lowest BCUT2D eigenvalue weighted by molar-refractivity contribution is -0.393. The Morgan fingerprint density at radius 3 is 2.38 bits per heavy atom. The molecule has 26 heavy (non-hydrogen) atoms. The van der Waals surface area contributed by atoms with Gasteiger partial charge in [-0.25, -0.2) is 4.79 Å². The van der Waals surface area contributed by atoms with Crippen molar-refractivity contribution in [3.63, 3.8) is 0 Å². The molecule has 0 aliphatic rings. The van der Waals surface area contributed by atoms with Gasteiger partial charge in [-0.1, -0.05) is 0 Å². The molecular formula is C14H17N5O7. The number of benzene rings is 1. The van der Waals surface area contributed by atoms with Crippen LogP contribution in [0, 0.1) is 20.2 Å². The van der Waals surface area contributed by atoms with Gasteiger partial charge in [0.2, 0.25) is 5.91 Å². The van der Waals surface area contributed by atoms with Gasteiger partial charge in [0.1, 0.15) is 5.69 Å². The number of anilines is 1. The third-order valence-corrected chi connectivity index (χ3v) is 3.03. The largest absolute Gasteiger partial charge is 0.464 e. The zero-order chi connectivity index (χ0) is 19.9. The number of nitrogens with zero attached hydrogens (tertiary/aromatic N) is 3. The maximum atomic E-state index is 11.9. The average molecular weight is 367 g/mol. The third kappa shape index (κ3) is 5.51. The number of esters is 1. The van der Waals surface area contributed by atoms with E-state index in [9.17, 15) is 29.8 Å². The molecule has 12 heteroatoms. The Kier molecular flexibility index (Phi) is 7.13. The van der Waals surface area contributed by atoms with E-state index in [1.807, 2.05) is 0 Å². The van der Waals surface area contributed by atoms with E-state index in [1.165, 1.54) is 13.8 Å². The molecule has 0 fully saturated rings. The van der Waals surface area contributed by atoms with Crippen LogP contribution in [0.2, 0.25) is 0 Å². The third-order valence-electron chi connectivity index (χ3n) is 3.03. The normalized spacial score (nSPS) is 12.0. The van der Waals surface area contributed by atoms with Gasteiger partial charge in [0.05, 0.1) is 28.2 Å². The van der Waals surface area contributed by atoms with E-state index >= 15 is 0 Å². The number of hydrogen-bond acceptors (Lipinski definition) is 9. The summed E-state index contributed by atoms with van der Waals surface area (Å²) in [6.45, 7) is 4.28. The molecule has 0 heterocycles. The summed E-state index contributed by atoms with van der Waals surface area (Å²) in [5, 5.41) is 28.0. The number of non-ortho nitro benzene ring substituents is 1. The van der Waals surface area contributed by atoms with Crippen molar-refractivity contribution in [3.05, 3.63) is 38.4 Å². The number of hydrogen-bond donors (Lipinski definition) is 2. The number of nitrogens with one attached hydrogen (secondary N) is 2. The Hall–Kier alpha value is -3.57. The van der Waals surface area contributed by atoms with Crippen LogP contribution in [0.4, 0.5) is 17.1 Å². The summed E-state index contributed by atoms with van der Waals surface area (Å²) < 4.78 is 4.84. The van der Waals surface area contributed by atoms with Crippen molar-refractivity contribution in [2.75, 3.05) is 12.0 Å². The molecule has 2 N–H and O–H groups in total. The molecule has 0 aliphatic heterocycles. The Balaban J connectivity index is 3.12. The minimum Gasteiger partial charge on any atom is -0.464 e. The molecule has 1 amide bonds. The Morgan fingerprint density at radius 1 is 1.23 bits per heavy atom. The van der Waals surface area contributed by atoms with E-state index in [2.05, 4.69) is 15.8 Å². The van der Waals surface area contributed by atoms with Crippen LogP contribution in [0.25, 0.3) is 0 Å². The molecule has 12 nitrogen and oxygen atoms in total. The Bertz CT molecular complexity index is 762. The van der Waals surface area contributed by atoms with Crippen LogP contribution in [0.15, 0.2) is 23.3 Å². The Labute approximate surface area is 147 Å². The zero-order valence-electron chi connectivity index (χ0n) is 14.2. The summed E-state index contributed by atoms with van der Waals surface area (Å²) >= 11 is 0. The van der Waals surface area contributed by atoms with Gasteiger partial charge in [0.25, 0.3) is 5.69 Å². The molecule has 0 unspecified atom stereocenters. The fourth-order valence-corrected chi connectivity index (χ4v) is 1.85. The predicted molar refractivity (Wildman–Crippen MR) is 90.7 cm³/mol. The summed E-state index contributed by atoms with van der Waals surface area (Å²) in [7, 11) is 0. The quantitative estimate of drug-likeness (QED) is 0.300. The minimum atomic E-state index is -1.18. The maximum absolute atomic E-state index is 11.9. The number of hydrazone groups is 1. The van der Waals surface area contributed by atoms with Gasteiger partial charge in [0, 0.05) is 13.0 Å². The molecule has 140 valence electrons.